The summed E-state index contributed by atoms with van der Waals surface area (Å²) < 4.78 is 5.36. The third-order valence-electron chi connectivity index (χ3n) is 3.67. The smallest absolute Gasteiger partial charge is 0.0795 e. The van der Waals surface area contributed by atoms with Gasteiger partial charge in [-0.1, -0.05) is 30.3 Å². The summed E-state index contributed by atoms with van der Waals surface area (Å²) in [5.41, 5.74) is 0.736. The van der Waals surface area contributed by atoms with E-state index in [9.17, 15) is 5.11 Å². The molecule has 1 aliphatic rings. The summed E-state index contributed by atoms with van der Waals surface area (Å²) in [5.74, 6) is 0. The summed E-state index contributed by atoms with van der Waals surface area (Å²) >= 11 is 0. The fourth-order valence-electron chi connectivity index (χ4n) is 2.43. The Bertz CT molecular complexity index is 346. The van der Waals surface area contributed by atoms with Crippen molar-refractivity contribution < 1.29 is 9.84 Å². The van der Waals surface area contributed by atoms with Gasteiger partial charge in [-0.3, -0.25) is 4.90 Å². The molecule has 1 aliphatic heterocycles. The van der Waals surface area contributed by atoms with Crippen LogP contribution in [0.3, 0.4) is 0 Å². The topological polar surface area (TPSA) is 44.7 Å². The number of likely N-dealkylation sites (N-methyl/N-ethyl adjacent to an activating group) is 1. The van der Waals surface area contributed by atoms with Gasteiger partial charge in [0, 0.05) is 19.6 Å². The molecule has 0 radical (unpaired) electrons. The van der Waals surface area contributed by atoms with E-state index in [1.807, 2.05) is 25.2 Å². The normalized spacial score (nSPS) is 20.6. The number of nitrogens with one attached hydrogen (secondary N) is 1. The summed E-state index contributed by atoms with van der Waals surface area (Å²) in [6.07, 6.45) is 0. The van der Waals surface area contributed by atoms with Gasteiger partial charge in [-0.15, -0.1) is 0 Å². The van der Waals surface area contributed by atoms with E-state index in [0.29, 0.717) is 0 Å². The number of aliphatic hydroxyl groups excluding tert-OH is 1. The van der Waals surface area contributed by atoms with Gasteiger partial charge >= 0.3 is 0 Å². The van der Waals surface area contributed by atoms with Crippen LogP contribution in [0, 0.1) is 0 Å². The van der Waals surface area contributed by atoms with Crippen LogP contribution in [0.4, 0.5) is 0 Å². The molecule has 100 valence electrons. The first-order valence-corrected chi connectivity index (χ1v) is 6.46. The number of benzene rings is 1. The van der Waals surface area contributed by atoms with Gasteiger partial charge in [0.15, 0.2) is 0 Å². The minimum Gasteiger partial charge on any atom is -0.394 e. The van der Waals surface area contributed by atoms with Crippen molar-refractivity contribution in [2.75, 3.05) is 46.5 Å². The monoisotopic (exact) mass is 250 g/mol. The fraction of sp³-hybridized carbons (Fsp3) is 0.571. The van der Waals surface area contributed by atoms with Crippen LogP contribution in [0.15, 0.2) is 30.3 Å². The Balaban J connectivity index is 2.15. The molecule has 1 saturated heterocycles. The molecule has 4 heteroatoms. The van der Waals surface area contributed by atoms with E-state index in [2.05, 4.69) is 22.3 Å². The predicted molar refractivity (Wildman–Crippen MR) is 71.5 cm³/mol. The molecule has 1 heterocycles. The molecule has 0 amide bonds. The van der Waals surface area contributed by atoms with Crippen LogP contribution in [-0.4, -0.2) is 56.5 Å². The highest BCUT2D eigenvalue weighted by atomic mass is 16.5. The zero-order valence-electron chi connectivity index (χ0n) is 10.9. The third kappa shape index (κ3) is 2.90. The van der Waals surface area contributed by atoms with Crippen molar-refractivity contribution in [1.82, 2.24) is 10.2 Å². The fourth-order valence-corrected chi connectivity index (χ4v) is 2.43. The van der Waals surface area contributed by atoms with Gasteiger partial charge in [-0.2, -0.15) is 0 Å². The molecule has 2 N–H and O–H groups in total. The van der Waals surface area contributed by atoms with E-state index in [0.717, 1.165) is 38.4 Å². The van der Waals surface area contributed by atoms with Gasteiger partial charge in [-0.05, 0) is 12.6 Å². The standard InChI is InChI=1S/C14H22N2O2/c1-15-14(12-17,13-5-3-2-4-6-13)11-16-7-9-18-10-8-16/h2-6,15,17H,7-12H2,1H3. The van der Waals surface area contributed by atoms with Crippen LogP contribution in [0.2, 0.25) is 0 Å². The van der Waals surface area contributed by atoms with Crippen LogP contribution in [0.25, 0.3) is 0 Å². The molecule has 0 saturated carbocycles. The van der Waals surface area contributed by atoms with Crippen LogP contribution in [0.5, 0.6) is 0 Å². The summed E-state index contributed by atoms with van der Waals surface area (Å²) in [4.78, 5) is 2.34. The maximum atomic E-state index is 9.84. The van der Waals surface area contributed by atoms with Crippen molar-refractivity contribution in [2.24, 2.45) is 0 Å². The zero-order chi connectivity index (χ0) is 12.8. The van der Waals surface area contributed by atoms with Crippen molar-refractivity contribution in [3.8, 4) is 0 Å². The lowest BCUT2D eigenvalue weighted by molar-refractivity contribution is 0.0146. The first-order valence-electron chi connectivity index (χ1n) is 6.46. The quantitative estimate of drug-likeness (QED) is 0.795. The number of morpholine rings is 1. The molecule has 1 fully saturated rings. The summed E-state index contributed by atoms with van der Waals surface area (Å²) in [7, 11) is 1.91. The van der Waals surface area contributed by atoms with Gasteiger partial charge in [0.05, 0.1) is 25.4 Å². The second kappa shape index (κ2) is 6.29. The van der Waals surface area contributed by atoms with Crippen LogP contribution >= 0.6 is 0 Å². The summed E-state index contributed by atoms with van der Waals surface area (Å²) in [6, 6.07) is 10.1. The largest absolute Gasteiger partial charge is 0.394 e. The molecular weight excluding hydrogens is 228 g/mol. The van der Waals surface area contributed by atoms with E-state index < -0.39 is 5.54 Å². The minimum atomic E-state index is -0.390. The SMILES string of the molecule is CNC(CO)(CN1CCOCC1)c1ccccc1. The first kappa shape index (κ1) is 13.5. The molecule has 1 unspecified atom stereocenters. The minimum absolute atomic E-state index is 0.0882. The van der Waals surface area contributed by atoms with Crippen LogP contribution in [-0.2, 0) is 10.3 Å². The molecule has 1 atom stereocenters. The van der Waals surface area contributed by atoms with Gasteiger partial charge < -0.3 is 15.2 Å². The van der Waals surface area contributed by atoms with Crippen molar-refractivity contribution >= 4 is 0 Å². The Morgan fingerprint density at radius 1 is 1.28 bits per heavy atom. The van der Waals surface area contributed by atoms with Gasteiger partial charge in [0.1, 0.15) is 0 Å². The van der Waals surface area contributed by atoms with Crippen molar-refractivity contribution in [1.29, 1.82) is 0 Å². The van der Waals surface area contributed by atoms with E-state index in [4.69, 9.17) is 4.74 Å². The Morgan fingerprint density at radius 3 is 2.50 bits per heavy atom. The average Bonchev–Trinajstić information content (AvgIpc) is 2.47. The summed E-state index contributed by atoms with van der Waals surface area (Å²) in [5, 5.41) is 13.1. The Kier molecular flexibility index (Phi) is 4.72. The van der Waals surface area contributed by atoms with E-state index in [-0.39, 0.29) is 6.61 Å². The first-order chi connectivity index (χ1) is 8.80. The van der Waals surface area contributed by atoms with Crippen molar-refractivity contribution in [3.05, 3.63) is 35.9 Å². The number of nitrogens with zero attached hydrogens (tertiary/aromatic N) is 1. The molecule has 0 aliphatic carbocycles. The predicted octanol–water partition coefficient (Wildman–Crippen LogP) is 0.426. The molecule has 4 nitrogen and oxygen atoms in total. The number of hydrogen-bond acceptors (Lipinski definition) is 4. The average molecular weight is 250 g/mol. The molecule has 0 aromatic heterocycles. The van der Waals surface area contributed by atoms with Gasteiger partial charge in [0.2, 0.25) is 0 Å². The maximum Gasteiger partial charge on any atom is 0.0795 e. The molecule has 18 heavy (non-hydrogen) atoms. The van der Waals surface area contributed by atoms with E-state index in [1.165, 1.54) is 0 Å². The molecule has 1 aromatic carbocycles. The van der Waals surface area contributed by atoms with Crippen molar-refractivity contribution in [3.63, 3.8) is 0 Å². The second-order valence-corrected chi connectivity index (χ2v) is 4.74. The highest BCUT2D eigenvalue weighted by molar-refractivity contribution is 5.25. The Hall–Kier alpha value is -0.940. The Labute approximate surface area is 109 Å². The number of hydrogen-bond donors (Lipinski definition) is 2. The number of rotatable bonds is 5. The molecule has 1 aromatic rings. The molecule has 2 rings (SSSR count). The van der Waals surface area contributed by atoms with Crippen molar-refractivity contribution in [2.45, 2.75) is 5.54 Å². The second-order valence-electron chi connectivity index (χ2n) is 4.74. The number of ether oxygens (including phenoxy) is 1. The summed E-state index contributed by atoms with van der Waals surface area (Å²) in [6.45, 7) is 4.30. The Morgan fingerprint density at radius 2 is 1.94 bits per heavy atom. The lowest BCUT2D eigenvalue weighted by Crippen LogP contribution is -2.54. The maximum absolute atomic E-state index is 9.84. The van der Waals surface area contributed by atoms with Crippen LogP contribution < -0.4 is 5.32 Å². The lowest BCUT2D eigenvalue weighted by atomic mass is 9.90. The zero-order valence-corrected chi connectivity index (χ0v) is 10.9. The van der Waals surface area contributed by atoms with E-state index >= 15 is 0 Å². The molecular formula is C14H22N2O2. The molecule has 0 bridgehead atoms. The van der Waals surface area contributed by atoms with Crippen LogP contribution in [0.1, 0.15) is 5.56 Å². The lowest BCUT2D eigenvalue weighted by Gasteiger charge is -2.38. The highest BCUT2D eigenvalue weighted by Crippen LogP contribution is 2.22. The highest BCUT2D eigenvalue weighted by Gasteiger charge is 2.32. The van der Waals surface area contributed by atoms with Gasteiger partial charge in [-0.25, -0.2) is 0 Å². The van der Waals surface area contributed by atoms with Gasteiger partial charge in [0.25, 0.3) is 0 Å². The molecule has 0 spiro atoms. The van der Waals surface area contributed by atoms with E-state index in [1.54, 1.807) is 0 Å². The third-order valence-corrected chi connectivity index (χ3v) is 3.67. The number of aliphatic hydroxyl groups is 1.